The number of hydrogen-bond acceptors (Lipinski definition) is 4. The summed E-state index contributed by atoms with van der Waals surface area (Å²) in [4.78, 5) is 15.2. The van der Waals surface area contributed by atoms with E-state index in [0.717, 1.165) is 54.8 Å². The average Bonchev–Trinajstić information content (AvgIpc) is 3.05. The molecule has 1 aliphatic heterocycles. The molecule has 1 fully saturated rings. The molecule has 25 heavy (non-hydrogen) atoms. The van der Waals surface area contributed by atoms with Crippen LogP contribution in [0.1, 0.15) is 11.8 Å². The zero-order chi connectivity index (χ0) is 16.8. The second kappa shape index (κ2) is 10.3. The van der Waals surface area contributed by atoms with Crippen LogP contribution in [-0.2, 0) is 6.54 Å². The quantitative estimate of drug-likeness (QED) is 0.367. The lowest BCUT2D eigenvalue weighted by atomic mass is 10.3. The van der Waals surface area contributed by atoms with Gasteiger partial charge in [0.2, 0.25) is 0 Å². The van der Waals surface area contributed by atoms with Crippen molar-refractivity contribution in [1.29, 1.82) is 0 Å². The highest BCUT2D eigenvalue weighted by atomic mass is 127. The van der Waals surface area contributed by atoms with E-state index < -0.39 is 0 Å². The summed E-state index contributed by atoms with van der Waals surface area (Å²) in [6.45, 7) is 7.55. The first-order valence-electron chi connectivity index (χ1n) is 8.19. The fourth-order valence-corrected chi connectivity index (χ4v) is 4.11. The second-order valence-electron chi connectivity index (χ2n) is 5.54. The predicted octanol–water partition coefficient (Wildman–Crippen LogP) is 3.81. The zero-order valence-corrected chi connectivity index (χ0v) is 18.9. The van der Waals surface area contributed by atoms with Crippen LogP contribution in [0.5, 0.6) is 0 Å². The van der Waals surface area contributed by atoms with Gasteiger partial charge in [-0.1, -0.05) is 6.07 Å². The molecule has 0 spiro atoms. The second-order valence-corrected chi connectivity index (χ2v) is 8.09. The fraction of sp³-hybridized carbons (Fsp3) is 0.412. The van der Waals surface area contributed by atoms with Gasteiger partial charge in [0, 0.05) is 43.8 Å². The summed E-state index contributed by atoms with van der Waals surface area (Å²) in [5.74, 6) is 2.06. The van der Waals surface area contributed by atoms with Gasteiger partial charge in [-0.25, -0.2) is 9.98 Å². The van der Waals surface area contributed by atoms with Gasteiger partial charge in [0.1, 0.15) is 5.82 Å². The molecule has 0 atom stereocenters. The molecule has 1 aliphatic rings. The van der Waals surface area contributed by atoms with Gasteiger partial charge < -0.3 is 15.1 Å². The van der Waals surface area contributed by atoms with E-state index in [0.29, 0.717) is 0 Å². The Morgan fingerprint density at radius 3 is 2.64 bits per heavy atom. The maximum atomic E-state index is 4.81. The third-order valence-electron chi connectivity index (χ3n) is 3.90. The molecule has 136 valence electrons. The lowest BCUT2D eigenvalue weighted by molar-refractivity contribution is 0.371. The SMILES string of the molecule is CCNC(=NCc1ccc(Br)s1)N1CCN(c2ccccn2)CC1.I. The van der Waals surface area contributed by atoms with E-state index in [1.807, 2.05) is 18.3 Å². The zero-order valence-electron chi connectivity index (χ0n) is 14.2. The van der Waals surface area contributed by atoms with Crippen LogP contribution in [0.15, 0.2) is 45.3 Å². The Morgan fingerprint density at radius 1 is 1.24 bits per heavy atom. The number of nitrogens with zero attached hydrogens (tertiary/aromatic N) is 4. The van der Waals surface area contributed by atoms with E-state index in [1.165, 1.54) is 4.88 Å². The maximum Gasteiger partial charge on any atom is 0.194 e. The van der Waals surface area contributed by atoms with Crippen LogP contribution >= 0.6 is 51.2 Å². The van der Waals surface area contributed by atoms with Crippen molar-refractivity contribution in [2.75, 3.05) is 37.6 Å². The minimum Gasteiger partial charge on any atom is -0.357 e. The van der Waals surface area contributed by atoms with Crippen molar-refractivity contribution in [2.24, 2.45) is 4.99 Å². The van der Waals surface area contributed by atoms with Gasteiger partial charge in [-0.3, -0.25) is 0 Å². The molecule has 8 heteroatoms. The van der Waals surface area contributed by atoms with Crippen molar-refractivity contribution >= 4 is 63.0 Å². The first kappa shape index (κ1) is 20.4. The number of nitrogens with one attached hydrogen (secondary N) is 1. The van der Waals surface area contributed by atoms with Crippen molar-refractivity contribution in [3.05, 3.63) is 45.2 Å². The van der Waals surface area contributed by atoms with Crippen LogP contribution < -0.4 is 10.2 Å². The molecule has 1 N–H and O–H groups in total. The molecular formula is C17H23BrIN5S. The van der Waals surface area contributed by atoms with Crippen LogP contribution in [0.3, 0.4) is 0 Å². The molecule has 0 saturated carbocycles. The van der Waals surface area contributed by atoms with Crippen molar-refractivity contribution in [3.8, 4) is 0 Å². The summed E-state index contributed by atoms with van der Waals surface area (Å²) in [5, 5.41) is 3.42. The van der Waals surface area contributed by atoms with Gasteiger partial charge in [0.15, 0.2) is 5.96 Å². The molecule has 0 amide bonds. The third-order valence-corrected chi connectivity index (χ3v) is 5.51. The molecule has 0 aliphatic carbocycles. The van der Waals surface area contributed by atoms with E-state index in [4.69, 9.17) is 4.99 Å². The summed E-state index contributed by atoms with van der Waals surface area (Å²) in [7, 11) is 0. The third kappa shape index (κ3) is 5.82. The summed E-state index contributed by atoms with van der Waals surface area (Å²) < 4.78 is 1.15. The maximum absolute atomic E-state index is 4.81. The van der Waals surface area contributed by atoms with Gasteiger partial charge in [-0.15, -0.1) is 35.3 Å². The van der Waals surface area contributed by atoms with E-state index >= 15 is 0 Å². The number of aromatic nitrogens is 1. The van der Waals surface area contributed by atoms with E-state index in [2.05, 4.69) is 61.2 Å². The molecule has 5 nitrogen and oxygen atoms in total. The Bertz CT molecular complexity index is 671. The van der Waals surface area contributed by atoms with E-state index in [1.54, 1.807) is 11.3 Å². The average molecular weight is 536 g/mol. The lowest BCUT2D eigenvalue weighted by Gasteiger charge is -2.37. The molecule has 2 aromatic heterocycles. The molecule has 0 radical (unpaired) electrons. The smallest absolute Gasteiger partial charge is 0.194 e. The topological polar surface area (TPSA) is 43.8 Å². The molecule has 3 rings (SSSR count). The van der Waals surface area contributed by atoms with Crippen LogP contribution in [0.2, 0.25) is 0 Å². The normalized spacial score (nSPS) is 15.0. The standard InChI is InChI=1S/C17H22BrN5S.HI/c1-2-19-17(21-13-14-6-7-15(18)24-14)23-11-9-22(10-12-23)16-5-3-4-8-20-16;/h3-8H,2,9-13H2,1H3,(H,19,21);1H. The minimum atomic E-state index is 0. The largest absolute Gasteiger partial charge is 0.357 e. The summed E-state index contributed by atoms with van der Waals surface area (Å²) in [5.41, 5.74) is 0. The number of thiophene rings is 1. The number of anilines is 1. The Balaban J connectivity index is 0.00000225. The Kier molecular flexibility index (Phi) is 8.44. The van der Waals surface area contributed by atoms with Crippen LogP contribution in [0.4, 0.5) is 5.82 Å². The Labute approximate surface area is 178 Å². The monoisotopic (exact) mass is 535 g/mol. The van der Waals surface area contributed by atoms with Gasteiger partial charge in [-0.05, 0) is 47.1 Å². The summed E-state index contributed by atoms with van der Waals surface area (Å²) >= 11 is 5.25. The molecule has 3 heterocycles. The first-order valence-corrected chi connectivity index (χ1v) is 9.80. The minimum absolute atomic E-state index is 0. The molecular weight excluding hydrogens is 513 g/mol. The number of aliphatic imine (C=N–C) groups is 1. The van der Waals surface area contributed by atoms with Gasteiger partial charge in [0.25, 0.3) is 0 Å². The first-order chi connectivity index (χ1) is 11.8. The number of rotatable bonds is 4. The number of hydrogen-bond donors (Lipinski definition) is 1. The predicted molar refractivity (Wildman–Crippen MR) is 120 cm³/mol. The molecule has 2 aromatic rings. The molecule has 0 bridgehead atoms. The van der Waals surface area contributed by atoms with E-state index in [9.17, 15) is 0 Å². The highest BCUT2D eigenvalue weighted by Crippen LogP contribution is 2.22. The van der Waals surface area contributed by atoms with E-state index in [-0.39, 0.29) is 24.0 Å². The summed E-state index contributed by atoms with van der Waals surface area (Å²) in [6.07, 6.45) is 1.85. The molecule has 0 aromatic carbocycles. The highest BCUT2D eigenvalue weighted by molar-refractivity contribution is 14.0. The Hall–Kier alpha value is -0.870. The van der Waals surface area contributed by atoms with Crippen molar-refractivity contribution in [3.63, 3.8) is 0 Å². The van der Waals surface area contributed by atoms with Crippen molar-refractivity contribution < 1.29 is 0 Å². The van der Waals surface area contributed by atoms with Gasteiger partial charge in [0.05, 0.1) is 10.3 Å². The molecule has 1 saturated heterocycles. The number of halogens is 2. The van der Waals surface area contributed by atoms with Gasteiger partial charge >= 0.3 is 0 Å². The fourth-order valence-electron chi connectivity index (χ4n) is 2.70. The number of guanidine groups is 1. The van der Waals surface area contributed by atoms with Gasteiger partial charge in [-0.2, -0.15) is 0 Å². The number of piperazine rings is 1. The van der Waals surface area contributed by atoms with Crippen molar-refractivity contribution in [1.82, 2.24) is 15.2 Å². The van der Waals surface area contributed by atoms with Crippen LogP contribution in [-0.4, -0.2) is 48.6 Å². The molecule has 0 unspecified atom stereocenters. The highest BCUT2D eigenvalue weighted by Gasteiger charge is 2.20. The van der Waals surface area contributed by atoms with Crippen LogP contribution in [0.25, 0.3) is 0 Å². The van der Waals surface area contributed by atoms with Crippen molar-refractivity contribution in [2.45, 2.75) is 13.5 Å². The number of pyridine rings is 1. The Morgan fingerprint density at radius 2 is 2.04 bits per heavy atom. The van der Waals surface area contributed by atoms with Crippen LogP contribution in [0, 0.1) is 0 Å². The lowest BCUT2D eigenvalue weighted by Crippen LogP contribution is -2.52. The summed E-state index contributed by atoms with van der Waals surface area (Å²) in [6, 6.07) is 10.3.